The van der Waals surface area contributed by atoms with Crippen LogP contribution in [0.2, 0.25) is 0 Å². The van der Waals surface area contributed by atoms with Crippen molar-refractivity contribution in [2.75, 3.05) is 31.1 Å². The molecule has 0 spiro atoms. The summed E-state index contributed by atoms with van der Waals surface area (Å²) in [5, 5.41) is 9.25. The first kappa shape index (κ1) is 14.3. The molecule has 4 nitrogen and oxygen atoms in total. The van der Waals surface area contributed by atoms with E-state index in [1.54, 1.807) is 13.8 Å². The van der Waals surface area contributed by atoms with Gasteiger partial charge in [-0.2, -0.15) is 0 Å². The summed E-state index contributed by atoms with van der Waals surface area (Å²) in [6.07, 6.45) is 0. The smallest absolute Gasteiger partial charge is 0.323 e. The van der Waals surface area contributed by atoms with Crippen molar-refractivity contribution in [2.45, 2.75) is 19.4 Å². The number of hydrogen-bond acceptors (Lipinski definition) is 3. The van der Waals surface area contributed by atoms with Gasteiger partial charge in [0.05, 0.1) is 0 Å². The summed E-state index contributed by atoms with van der Waals surface area (Å²) in [5.74, 6) is -0.760. The second-order valence-corrected chi connectivity index (χ2v) is 6.23. The monoisotopic (exact) mass is 326 g/mol. The molecule has 1 N–H and O–H groups in total. The van der Waals surface area contributed by atoms with Crippen LogP contribution in [0.1, 0.15) is 13.8 Å². The van der Waals surface area contributed by atoms with Gasteiger partial charge in [0, 0.05) is 36.3 Å². The second kappa shape index (κ2) is 5.51. The molecule has 2 rings (SSSR count). The summed E-state index contributed by atoms with van der Waals surface area (Å²) in [5.41, 5.74) is 0.405. The Balaban J connectivity index is 1.99. The summed E-state index contributed by atoms with van der Waals surface area (Å²) >= 11 is 3.43. The number of anilines is 1. The maximum atomic E-state index is 11.2. The van der Waals surface area contributed by atoms with Crippen LogP contribution in [0.25, 0.3) is 0 Å². The van der Waals surface area contributed by atoms with E-state index < -0.39 is 11.5 Å². The molecule has 0 saturated carbocycles. The number of carboxylic acid groups (broad SMARTS) is 1. The summed E-state index contributed by atoms with van der Waals surface area (Å²) in [7, 11) is 0. The molecule has 1 aliphatic rings. The van der Waals surface area contributed by atoms with Gasteiger partial charge in [0.25, 0.3) is 0 Å². The fourth-order valence-electron chi connectivity index (χ4n) is 2.31. The van der Waals surface area contributed by atoms with Crippen LogP contribution in [0.4, 0.5) is 5.69 Å². The first-order valence-corrected chi connectivity index (χ1v) is 7.19. The summed E-state index contributed by atoms with van der Waals surface area (Å²) in [6, 6.07) is 8.23. The summed E-state index contributed by atoms with van der Waals surface area (Å²) in [6.45, 7) is 6.80. The minimum atomic E-state index is -0.786. The van der Waals surface area contributed by atoms with Gasteiger partial charge in [-0.15, -0.1) is 0 Å². The number of carboxylic acids is 1. The van der Waals surface area contributed by atoms with Gasteiger partial charge in [0.2, 0.25) is 0 Å². The van der Waals surface area contributed by atoms with E-state index in [1.165, 1.54) is 5.69 Å². The number of carbonyl (C=O) groups is 1. The fourth-order valence-corrected chi connectivity index (χ4v) is 2.58. The lowest BCUT2D eigenvalue weighted by molar-refractivity contribution is -0.149. The average molecular weight is 327 g/mol. The normalized spacial score (nSPS) is 17.5. The van der Waals surface area contributed by atoms with E-state index in [0.717, 1.165) is 30.7 Å². The number of hydrogen-bond donors (Lipinski definition) is 1. The van der Waals surface area contributed by atoms with Crippen LogP contribution in [-0.4, -0.2) is 47.7 Å². The van der Waals surface area contributed by atoms with Gasteiger partial charge in [-0.3, -0.25) is 9.69 Å². The van der Waals surface area contributed by atoms with Gasteiger partial charge in [-0.1, -0.05) is 15.9 Å². The van der Waals surface area contributed by atoms with Gasteiger partial charge >= 0.3 is 5.97 Å². The average Bonchev–Trinajstić information content (AvgIpc) is 2.39. The number of benzene rings is 1. The SMILES string of the molecule is CC(C)(C(=O)O)N1CCN(c2ccc(Br)cc2)CC1. The molecule has 5 heteroatoms. The highest BCUT2D eigenvalue weighted by Gasteiger charge is 2.36. The number of rotatable bonds is 3. The van der Waals surface area contributed by atoms with Crippen molar-refractivity contribution in [2.24, 2.45) is 0 Å². The lowest BCUT2D eigenvalue weighted by Gasteiger charge is -2.42. The highest BCUT2D eigenvalue weighted by Crippen LogP contribution is 2.22. The van der Waals surface area contributed by atoms with Gasteiger partial charge in [-0.25, -0.2) is 0 Å². The van der Waals surface area contributed by atoms with Crippen molar-refractivity contribution >= 4 is 27.6 Å². The van der Waals surface area contributed by atoms with Crippen LogP contribution in [0, 0.1) is 0 Å². The Hall–Kier alpha value is -1.07. The Bertz CT molecular complexity index is 451. The molecule has 1 saturated heterocycles. The second-order valence-electron chi connectivity index (χ2n) is 5.31. The van der Waals surface area contributed by atoms with E-state index in [2.05, 4.69) is 33.0 Å². The van der Waals surface area contributed by atoms with Crippen LogP contribution in [0.15, 0.2) is 28.7 Å². The van der Waals surface area contributed by atoms with Crippen molar-refractivity contribution in [3.63, 3.8) is 0 Å². The van der Waals surface area contributed by atoms with Crippen LogP contribution in [-0.2, 0) is 4.79 Å². The molecular formula is C14H19BrN2O2. The zero-order valence-corrected chi connectivity index (χ0v) is 12.9. The first-order chi connectivity index (χ1) is 8.91. The zero-order valence-electron chi connectivity index (χ0n) is 11.3. The Morgan fingerprint density at radius 3 is 2.16 bits per heavy atom. The van der Waals surface area contributed by atoms with Gasteiger partial charge < -0.3 is 10.0 Å². The number of halogens is 1. The van der Waals surface area contributed by atoms with Crippen molar-refractivity contribution in [3.05, 3.63) is 28.7 Å². The molecular weight excluding hydrogens is 308 g/mol. The van der Waals surface area contributed by atoms with Crippen molar-refractivity contribution in [3.8, 4) is 0 Å². The third-order valence-electron chi connectivity index (χ3n) is 3.79. The molecule has 0 unspecified atom stereocenters. The van der Waals surface area contributed by atoms with Crippen molar-refractivity contribution in [1.82, 2.24) is 4.90 Å². The molecule has 1 aromatic rings. The van der Waals surface area contributed by atoms with Crippen LogP contribution in [0.3, 0.4) is 0 Å². The summed E-state index contributed by atoms with van der Waals surface area (Å²) < 4.78 is 1.07. The Kier molecular flexibility index (Phi) is 4.16. The largest absolute Gasteiger partial charge is 0.480 e. The highest BCUT2D eigenvalue weighted by atomic mass is 79.9. The van der Waals surface area contributed by atoms with Crippen LogP contribution in [0.5, 0.6) is 0 Å². The number of aliphatic carboxylic acids is 1. The molecule has 104 valence electrons. The van der Waals surface area contributed by atoms with Crippen LogP contribution >= 0.6 is 15.9 Å². The van der Waals surface area contributed by atoms with E-state index in [4.69, 9.17) is 0 Å². The molecule has 1 aliphatic heterocycles. The lowest BCUT2D eigenvalue weighted by Crippen LogP contribution is -2.58. The predicted octanol–water partition coefficient (Wildman–Crippen LogP) is 2.43. The fraction of sp³-hybridized carbons (Fsp3) is 0.500. The Morgan fingerprint density at radius 1 is 1.16 bits per heavy atom. The molecule has 1 heterocycles. The van der Waals surface area contributed by atoms with E-state index in [0.29, 0.717) is 0 Å². The molecule has 0 atom stereocenters. The van der Waals surface area contributed by atoms with Gasteiger partial charge in [0.1, 0.15) is 5.54 Å². The molecule has 0 amide bonds. The van der Waals surface area contributed by atoms with E-state index >= 15 is 0 Å². The Morgan fingerprint density at radius 2 is 1.68 bits per heavy atom. The molecule has 0 aromatic heterocycles. The van der Waals surface area contributed by atoms with Crippen LogP contribution < -0.4 is 4.90 Å². The number of piperazine rings is 1. The zero-order chi connectivity index (χ0) is 14.0. The quantitative estimate of drug-likeness (QED) is 0.926. The lowest BCUT2D eigenvalue weighted by atomic mass is 10.0. The standard InChI is InChI=1S/C14H19BrN2O2/c1-14(2,13(18)19)17-9-7-16(8-10-17)12-5-3-11(15)4-6-12/h3-6H,7-10H2,1-2H3,(H,18,19). The third-order valence-corrected chi connectivity index (χ3v) is 4.31. The van der Waals surface area contributed by atoms with E-state index in [9.17, 15) is 9.90 Å². The summed E-state index contributed by atoms with van der Waals surface area (Å²) in [4.78, 5) is 15.6. The Labute approximate surface area is 122 Å². The van der Waals surface area contributed by atoms with Gasteiger partial charge in [0.15, 0.2) is 0 Å². The van der Waals surface area contributed by atoms with E-state index in [-0.39, 0.29) is 0 Å². The first-order valence-electron chi connectivity index (χ1n) is 6.40. The van der Waals surface area contributed by atoms with Crippen molar-refractivity contribution in [1.29, 1.82) is 0 Å². The predicted molar refractivity (Wildman–Crippen MR) is 79.6 cm³/mol. The molecule has 0 radical (unpaired) electrons. The number of nitrogens with zero attached hydrogens (tertiary/aromatic N) is 2. The molecule has 0 aliphatic carbocycles. The highest BCUT2D eigenvalue weighted by molar-refractivity contribution is 9.10. The molecule has 1 aromatic carbocycles. The van der Waals surface area contributed by atoms with E-state index in [1.807, 2.05) is 17.0 Å². The molecule has 0 bridgehead atoms. The maximum Gasteiger partial charge on any atom is 0.323 e. The third kappa shape index (κ3) is 3.09. The maximum absolute atomic E-state index is 11.2. The minimum absolute atomic E-state index is 0.760. The van der Waals surface area contributed by atoms with Gasteiger partial charge in [-0.05, 0) is 38.1 Å². The molecule has 19 heavy (non-hydrogen) atoms. The van der Waals surface area contributed by atoms with Crippen molar-refractivity contribution < 1.29 is 9.90 Å². The molecule has 1 fully saturated rings. The topological polar surface area (TPSA) is 43.8 Å². The minimum Gasteiger partial charge on any atom is -0.480 e.